The molecule has 0 aliphatic heterocycles. The number of benzene rings is 1. The Morgan fingerprint density at radius 3 is 2.50 bits per heavy atom. The SMILES string of the molecule is Cc1cccc(C)c1NC(=O)CN(C)CC1CC(O)C1. The van der Waals surface area contributed by atoms with Crippen LogP contribution in [0.3, 0.4) is 0 Å². The number of nitrogens with one attached hydrogen (secondary N) is 1. The van der Waals surface area contributed by atoms with Crippen LogP contribution in [-0.2, 0) is 4.79 Å². The summed E-state index contributed by atoms with van der Waals surface area (Å²) in [6.45, 7) is 5.27. The Hall–Kier alpha value is -1.39. The Labute approximate surface area is 120 Å². The zero-order valence-electron chi connectivity index (χ0n) is 12.5. The number of hydrogen-bond donors (Lipinski definition) is 2. The van der Waals surface area contributed by atoms with Gasteiger partial charge < -0.3 is 10.4 Å². The minimum atomic E-state index is -0.128. The molecule has 1 amide bonds. The molecular formula is C16H24N2O2. The molecule has 0 radical (unpaired) electrons. The number of hydrogen-bond acceptors (Lipinski definition) is 3. The van der Waals surface area contributed by atoms with E-state index in [0.29, 0.717) is 12.5 Å². The third-order valence-corrected chi connectivity index (χ3v) is 3.94. The van der Waals surface area contributed by atoms with Crippen LogP contribution in [0.25, 0.3) is 0 Å². The standard InChI is InChI=1S/C16H24N2O2/c1-11-5-4-6-12(2)16(11)17-15(20)10-18(3)9-13-7-14(19)8-13/h4-6,13-14,19H,7-10H2,1-3H3,(H,17,20). The highest BCUT2D eigenvalue weighted by Gasteiger charge is 2.28. The van der Waals surface area contributed by atoms with Gasteiger partial charge in [0.1, 0.15) is 0 Å². The van der Waals surface area contributed by atoms with Gasteiger partial charge in [-0.15, -0.1) is 0 Å². The Morgan fingerprint density at radius 2 is 1.95 bits per heavy atom. The molecule has 0 saturated heterocycles. The van der Waals surface area contributed by atoms with Gasteiger partial charge >= 0.3 is 0 Å². The quantitative estimate of drug-likeness (QED) is 0.864. The highest BCUT2D eigenvalue weighted by molar-refractivity contribution is 5.93. The second-order valence-electron chi connectivity index (χ2n) is 6.00. The molecule has 0 heterocycles. The molecule has 110 valence electrons. The zero-order chi connectivity index (χ0) is 14.7. The molecule has 2 rings (SSSR count). The summed E-state index contributed by atoms with van der Waals surface area (Å²) < 4.78 is 0. The molecule has 1 aromatic carbocycles. The van der Waals surface area contributed by atoms with Crippen LogP contribution in [0.5, 0.6) is 0 Å². The van der Waals surface area contributed by atoms with Crippen LogP contribution in [-0.4, -0.2) is 42.2 Å². The number of carbonyl (C=O) groups excluding carboxylic acids is 1. The van der Waals surface area contributed by atoms with Crippen LogP contribution in [0.4, 0.5) is 5.69 Å². The van der Waals surface area contributed by atoms with Gasteiger partial charge in [0.15, 0.2) is 0 Å². The molecule has 1 fully saturated rings. The van der Waals surface area contributed by atoms with Gasteiger partial charge in [-0.05, 0) is 50.8 Å². The molecule has 0 bridgehead atoms. The monoisotopic (exact) mass is 276 g/mol. The van der Waals surface area contributed by atoms with Crippen molar-refractivity contribution < 1.29 is 9.90 Å². The van der Waals surface area contributed by atoms with Crippen molar-refractivity contribution in [3.8, 4) is 0 Å². The number of rotatable bonds is 5. The number of carbonyl (C=O) groups is 1. The third kappa shape index (κ3) is 3.81. The molecule has 4 nitrogen and oxygen atoms in total. The summed E-state index contributed by atoms with van der Waals surface area (Å²) in [6, 6.07) is 6.00. The largest absolute Gasteiger partial charge is 0.393 e. The van der Waals surface area contributed by atoms with Gasteiger partial charge in [-0.1, -0.05) is 18.2 Å². The molecule has 20 heavy (non-hydrogen) atoms. The lowest BCUT2D eigenvalue weighted by Gasteiger charge is -2.34. The van der Waals surface area contributed by atoms with Crippen LogP contribution in [0.1, 0.15) is 24.0 Å². The lowest BCUT2D eigenvalue weighted by molar-refractivity contribution is -0.117. The summed E-state index contributed by atoms with van der Waals surface area (Å²) in [4.78, 5) is 14.1. The molecule has 1 aliphatic carbocycles. The Morgan fingerprint density at radius 1 is 1.35 bits per heavy atom. The van der Waals surface area contributed by atoms with E-state index in [9.17, 15) is 9.90 Å². The molecule has 0 unspecified atom stereocenters. The maximum Gasteiger partial charge on any atom is 0.238 e. The van der Waals surface area contributed by atoms with Crippen LogP contribution < -0.4 is 5.32 Å². The summed E-state index contributed by atoms with van der Waals surface area (Å²) >= 11 is 0. The molecular weight excluding hydrogens is 252 g/mol. The minimum absolute atomic E-state index is 0.0183. The number of aryl methyl sites for hydroxylation is 2. The molecule has 1 aromatic rings. The maximum atomic E-state index is 12.1. The Kier molecular flexibility index (Phi) is 4.78. The van der Waals surface area contributed by atoms with Gasteiger partial charge in [0, 0.05) is 12.2 Å². The Balaban J connectivity index is 1.83. The van der Waals surface area contributed by atoms with E-state index in [0.717, 1.165) is 36.2 Å². The van der Waals surface area contributed by atoms with Crippen molar-refractivity contribution in [1.29, 1.82) is 0 Å². The van der Waals surface area contributed by atoms with Gasteiger partial charge in [-0.25, -0.2) is 0 Å². The zero-order valence-corrected chi connectivity index (χ0v) is 12.5. The molecule has 4 heteroatoms. The molecule has 0 aromatic heterocycles. The number of aliphatic hydroxyl groups is 1. The van der Waals surface area contributed by atoms with Crippen molar-refractivity contribution in [3.63, 3.8) is 0 Å². The first-order valence-electron chi connectivity index (χ1n) is 7.18. The van der Waals surface area contributed by atoms with E-state index in [1.54, 1.807) is 0 Å². The Bertz CT molecular complexity index is 461. The van der Waals surface area contributed by atoms with Gasteiger partial charge in [0.2, 0.25) is 5.91 Å². The molecule has 2 N–H and O–H groups in total. The second-order valence-corrected chi connectivity index (χ2v) is 6.00. The smallest absolute Gasteiger partial charge is 0.238 e. The number of para-hydroxylation sites is 1. The van der Waals surface area contributed by atoms with Crippen LogP contribution in [0, 0.1) is 19.8 Å². The average Bonchev–Trinajstić information content (AvgIpc) is 2.32. The lowest BCUT2D eigenvalue weighted by Crippen LogP contribution is -2.40. The third-order valence-electron chi connectivity index (χ3n) is 3.94. The first-order chi connectivity index (χ1) is 9.45. The number of aliphatic hydroxyl groups excluding tert-OH is 1. The van der Waals surface area contributed by atoms with E-state index < -0.39 is 0 Å². The first-order valence-corrected chi connectivity index (χ1v) is 7.18. The summed E-state index contributed by atoms with van der Waals surface area (Å²) in [5.41, 5.74) is 3.09. The van der Waals surface area contributed by atoms with Gasteiger partial charge in [0.25, 0.3) is 0 Å². The summed E-state index contributed by atoms with van der Waals surface area (Å²) in [5, 5.41) is 12.3. The summed E-state index contributed by atoms with van der Waals surface area (Å²) in [7, 11) is 1.95. The van der Waals surface area contributed by atoms with Crippen LogP contribution in [0.2, 0.25) is 0 Å². The number of nitrogens with zero attached hydrogens (tertiary/aromatic N) is 1. The van der Waals surface area contributed by atoms with E-state index >= 15 is 0 Å². The number of amides is 1. The summed E-state index contributed by atoms with van der Waals surface area (Å²) in [6.07, 6.45) is 1.60. The average molecular weight is 276 g/mol. The minimum Gasteiger partial charge on any atom is -0.393 e. The van der Waals surface area contributed by atoms with Crippen molar-refractivity contribution >= 4 is 11.6 Å². The maximum absolute atomic E-state index is 12.1. The fourth-order valence-electron chi connectivity index (χ4n) is 2.79. The van der Waals surface area contributed by atoms with E-state index in [2.05, 4.69) is 5.32 Å². The number of anilines is 1. The molecule has 0 atom stereocenters. The first kappa shape index (κ1) is 15.0. The predicted molar refractivity (Wildman–Crippen MR) is 80.8 cm³/mol. The highest BCUT2D eigenvalue weighted by Crippen LogP contribution is 2.27. The van der Waals surface area contributed by atoms with E-state index in [1.165, 1.54) is 0 Å². The van der Waals surface area contributed by atoms with Gasteiger partial charge in [0.05, 0.1) is 12.6 Å². The van der Waals surface area contributed by atoms with Crippen LogP contribution in [0.15, 0.2) is 18.2 Å². The lowest BCUT2D eigenvalue weighted by atomic mass is 9.82. The second kappa shape index (κ2) is 6.37. The van der Waals surface area contributed by atoms with Crippen molar-refractivity contribution in [2.75, 3.05) is 25.5 Å². The van der Waals surface area contributed by atoms with Crippen molar-refractivity contribution in [3.05, 3.63) is 29.3 Å². The molecule has 0 spiro atoms. The van der Waals surface area contributed by atoms with Crippen molar-refractivity contribution in [2.45, 2.75) is 32.8 Å². The fourth-order valence-corrected chi connectivity index (χ4v) is 2.79. The van der Waals surface area contributed by atoms with E-state index in [-0.39, 0.29) is 12.0 Å². The van der Waals surface area contributed by atoms with Gasteiger partial charge in [-0.3, -0.25) is 9.69 Å². The normalized spacial score (nSPS) is 21.6. The topological polar surface area (TPSA) is 52.6 Å². The highest BCUT2D eigenvalue weighted by atomic mass is 16.3. The molecule has 1 aliphatic rings. The van der Waals surface area contributed by atoms with Crippen LogP contribution >= 0.6 is 0 Å². The fraction of sp³-hybridized carbons (Fsp3) is 0.562. The van der Waals surface area contributed by atoms with Crippen molar-refractivity contribution in [1.82, 2.24) is 4.90 Å². The van der Waals surface area contributed by atoms with E-state index in [1.807, 2.05) is 44.0 Å². The number of likely N-dealkylation sites (N-methyl/N-ethyl adjacent to an activating group) is 1. The van der Waals surface area contributed by atoms with Crippen molar-refractivity contribution in [2.24, 2.45) is 5.92 Å². The summed E-state index contributed by atoms with van der Waals surface area (Å²) in [5.74, 6) is 0.549. The van der Waals surface area contributed by atoms with Gasteiger partial charge in [-0.2, -0.15) is 0 Å². The molecule has 1 saturated carbocycles. The predicted octanol–water partition coefficient (Wildman–Crippen LogP) is 1.94. The van der Waals surface area contributed by atoms with E-state index in [4.69, 9.17) is 0 Å².